The summed E-state index contributed by atoms with van der Waals surface area (Å²) in [7, 11) is 2.16. The average Bonchev–Trinajstić information content (AvgIpc) is 2.74. The van der Waals surface area contributed by atoms with Gasteiger partial charge in [-0.1, -0.05) is 6.92 Å². The Morgan fingerprint density at radius 2 is 2.29 bits per heavy atom. The molecule has 0 amide bonds. The van der Waals surface area contributed by atoms with Crippen LogP contribution in [0.4, 0.5) is 0 Å². The van der Waals surface area contributed by atoms with Crippen LogP contribution in [0.1, 0.15) is 24.7 Å². The molecular formula is C13H24N2OS. The molecule has 0 aliphatic carbocycles. The fourth-order valence-corrected chi connectivity index (χ4v) is 2.15. The minimum Gasteiger partial charge on any atom is -0.468 e. The Bertz CT molecular complexity index is 301. The molecule has 1 heterocycles. The second kappa shape index (κ2) is 8.61. The molecule has 1 aromatic heterocycles. The minimum absolute atomic E-state index is 0.840. The van der Waals surface area contributed by atoms with Crippen LogP contribution in [0.5, 0.6) is 0 Å². The molecule has 0 saturated heterocycles. The summed E-state index contributed by atoms with van der Waals surface area (Å²) in [5, 5.41) is 3.38. The summed E-state index contributed by atoms with van der Waals surface area (Å²) < 4.78 is 5.52. The lowest BCUT2D eigenvalue weighted by atomic mass is 10.2. The zero-order chi connectivity index (χ0) is 12.5. The van der Waals surface area contributed by atoms with Gasteiger partial charge in [-0.2, -0.15) is 11.8 Å². The molecule has 0 fully saturated rings. The third kappa shape index (κ3) is 5.61. The van der Waals surface area contributed by atoms with Gasteiger partial charge in [0.2, 0.25) is 0 Å². The number of nitrogens with one attached hydrogen (secondary N) is 1. The molecule has 0 aliphatic rings. The van der Waals surface area contributed by atoms with E-state index in [2.05, 4.69) is 36.5 Å². The third-order valence-corrected chi connectivity index (χ3v) is 3.26. The zero-order valence-electron chi connectivity index (χ0n) is 11.2. The van der Waals surface area contributed by atoms with Crippen molar-refractivity contribution in [2.24, 2.45) is 0 Å². The zero-order valence-corrected chi connectivity index (χ0v) is 12.0. The van der Waals surface area contributed by atoms with Gasteiger partial charge in [-0.15, -0.1) is 0 Å². The Hall–Kier alpha value is -0.450. The van der Waals surface area contributed by atoms with Crippen LogP contribution in [0.3, 0.4) is 0 Å². The van der Waals surface area contributed by atoms with Gasteiger partial charge in [0.05, 0.1) is 12.8 Å². The molecule has 0 unspecified atom stereocenters. The standard InChI is InChI=1S/C13H24N2OS/c1-4-6-14-10-13-12(5-8-16-13)11-15(2)7-9-17-3/h5,8,14H,4,6-7,9-11H2,1-3H3. The average molecular weight is 256 g/mol. The Morgan fingerprint density at radius 3 is 3.00 bits per heavy atom. The molecule has 1 rings (SSSR count). The van der Waals surface area contributed by atoms with E-state index in [0.717, 1.165) is 38.4 Å². The number of hydrogen-bond acceptors (Lipinski definition) is 4. The molecule has 0 radical (unpaired) electrons. The van der Waals surface area contributed by atoms with Gasteiger partial charge >= 0.3 is 0 Å². The quantitative estimate of drug-likeness (QED) is 0.687. The number of furan rings is 1. The first-order valence-corrected chi connectivity index (χ1v) is 7.60. The van der Waals surface area contributed by atoms with E-state index >= 15 is 0 Å². The van der Waals surface area contributed by atoms with E-state index < -0.39 is 0 Å². The fraction of sp³-hybridized carbons (Fsp3) is 0.692. The molecule has 0 saturated carbocycles. The molecule has 0 bridgehead atoms. The van der Waals surface area contributed by atoms with Gasteiger partial charge in [0.25, 0.3) is 0 Å². The molecule has 4 heteroatoms. The lowest BCUT2D eigenvalue weighted by Gasteiger charge is -2.15. The van der Waals surface area contributed by atoms with E-state index in [4.69, 9.17) is 4.42 Å². The molecule has 0 spiro atoms. The Morgan fingerprint density at radius 1 is 1.47 bits per heavy atom. The number of nitrogens with zero attached hydrogens (tertiary/aromatic N) is 1. The maximum absolute atomic E-state index is 5.52. The molecule has 0 aliphatic heterocycles. The Kier molecular flexibility index (Phi) is 7.40. The maximum atomic E-state index is 5.52. The van der Waals surface area contributed by atoms with E-state index in [9.17, 15) is 0 Å². The summed E-state index contributed by atoms with van der Waals surface area (Å²) in [6, 6.07) is 2.08. The van der Waals surface area contributed by atoms with Crippen molar-refractivity contribution in [1.82, 2.24) is 10.2 Å². The van der Waals surface area contributed by atoms with Crippen molar-refractivity contribution in [2.45, 2.75) is 26.4 Å². The van der Waals surface area contributed by atoms with Crippen molar-refractivity contribution in [3.05, 3.63) is 23.7 Å². The highest BCUT2D eigenvalue weighted by atomic mass is 32.2. The summed E-state index contributed by atoms with van der Waals surface area (Å²) in [5.41, 5.74) is 1.30. The SMILES string of the molecule is CCCNCc1occc1CN(C)CCSC. The molecule has 0 aromatic carbocycles. The maximum Gasteiger partial charge on any atom is 0.122 e. The summed E-state index contributed by atoms with van der Waals surface area (Å²) in [6.45, 7) is 6.15. The molecule has 1 N–H and O–H groups in total. The van der Waals surface area contributed by atoms with E-state index in [1.807, 2.05) is 11.8 Å². The minimum atomic E-state index is 0.840. The monoisotopic (exact) mass is 256 g/mol. The predicted octanol–water partition coefficient (Wildman–Crippen LogP) is 2.57. The number of hydrogen-bond donors (Lipinski definition) is 1. The Labute approximate surface area is 109 Å². The van der Waals surface area contributed by atoms with Gasteiger partial charge in [0, 0.05) is 24.4 Å². The van der Waals surface area contributed by atoms with Crippen LogP contribution in [0.15, 0.2) is 16.7 Å². The third-order valence-electron chi connectivity index (χ3n) is 2.67. The van der Waals surface area contributed by atoms with E-state index in [1.54, 1.807) is 6.26 Å². The topological polar surface area (TPSA) is 28.4 Å². The van der Waals surface area contributed by atoms with E-state index in [1.165, 1.54) is 11.3 Å². The summed E-state index contributed by atoms with van der Waals surface area (Å²) in [4.78, 5) is 2.34. The van der Waals surface area contributed by atoms with Crippen LogP contribution in [-0.2, 0) is 13.1 Å². The molecule has 3 nitrogen and oxygen atoms in total. The highest BCUT2D eigenvalue weighted by Crippen LogP contribution is 2.12. The van der Waals surface area contributed by atoms with Gasteiger partial charge < -0.3 is 14.6 Å². The highest BCUT2D eigenvalue weighted by molar-refractivity contribution is 7.98. The van der Waals surface area contributed by atoms with Crippen molar-refractivity contribution >= 4 is 11.8 Å². The van der Waals surface area contributed by atoms with E-state index in [-0.39, 0.29) is 0 Å². The highest BCUT2D eigenvalue weighted by Gasteiger charge is 2.08. The van der Waals surface area contributed by atoms with Crippen LogP contribution in [-0.4, -0.2) is 37.0 Å². The molecule has 17 heavy (non-hydrogen) atoms. The Balaban J connectivity index is 2.39. The van der Waals surface area contributed by atoms with Gasteiger partial charge in [0.15, 0.2) is 0 Å². The normalized spacial score (nSPS) is 11.3. The first-order valence-electron chi connectivity index (χ1n) is 6.21. The van der Waals surface area contributed by atoms with Gasteiger partial charge in [-0.25, -0.2) is 0 Å². The van der Waals surface area contributed by atoms with Crippen LogP contribution in [0.25, 0.3) is 0 Å². The van der Waals surface area contributed by atoms with Crippen LogP contribution in [0.2, 0.25) is 0 Å². The smallest absolute Gasteiger partial charge is 0.122 e. The van der Waals surface area contributed by atoms with Crippen molar-refractivity contribution in [2.75, 3.05) is 32.1 Å². The first-order chi connectivity index (χ1) is 8.27. The van der Waals surface area contributed by atoms with Crippen molar-refractivity contribution < 1.29 is 4.42 Å². The van der Waals surface area contributed by atoms with Gasteiger partial charge in [-0.05, 0) is 32.3 Å². The predicted molar refractivity (Wildman–Crippen MR) is 75.4 cm³/mol. The van der Waals surface area contributed by atoms with Crippen molar-refractivity contribution in [1.29, 1.82) is 0 Å². The number of thioether (sulfide) groups is 1. The summed E-state index contributed by atoms with van der Waals surface area (Å²) >= 11 is 1.89. The molecular weight excluding hydrogens is 232 g/mol. The largest absolute Gasteiger partial charge is 0.468 e. The summed E-state index contributed by atoms with van der Waals surface area (Å²) in [6.07, 6.45) is 5.09. The fourth-order valence-electron chi connectivity index (χ4n) is 1.66. The first kappa shape index (κ1) is 14.6. The lowest BCUT2D eigenvalue weighted by molar-refractivity contribution is 0.343. The second-order valence-corrected chi connectivity index (χ2v) is 5.26. The lowest BCUT2D eigenvalue weighted by Crippen LogP contribution is -2.22. The van der Waals surface area contributed by atoms with Gasteiger partial charge in [-0.3, -0.25) is 0 Å². The summed E-state index contributed by atoms with van der Waals surface area (Å²) in [5.74, 6) is 2.26. The molecule has 98 valence electrons. The van der Waals surface area contributed by atoms with Crippen molar-refractivity contribution in [3.8, 4) is 0 Å². The van der Waals surface area contributed by atoms with Crippen LogP contribution < -0.4 is 5.32 Å². The van der Waals surface area contributed by atoms with Gasteiger partial charge in [0.1, 0.15) is 5.76 Å². The second-order valence-electron chi connectivity index (χ2n) is 4.28. The molecule has 0 atom stereocenters. The van der Waals surface area contributed by atoms with Crippen LogP contribution >= 0.6 is 11.8 Å². The van der Waals surface area contributed by atoms with Crippen molar-refractivity contribution in [3.63, 3.8) is 0 Å². The van der Waals surface area contributed by atoms with Crippen LogP contribution in [0, 0.1) is 0 Å². The van der Waals surface area contributed by atoms with E-state index in [0.29, 0.717) is 0 Å². The molecule has 1 aromatic rings. The number of rotatable bonds is 9.